The number of rotatable bonds is 3. The van der Waals surface area contributed by atoms with Crippen LogP contribution in [0.4, 0.5) is 0 Å². The predicted octanol–water partition coefficient (Wildman–Crippen LogP) is 1.32. The minimum Gasteiger partial charge on any atom is -0.275 e. The highest BCUT2D eigenvalue weighted by molar-refractivity contribution is 5.74. The summed E-state index contributed by atoms with van der Waals surface area (Å²) in [6.07, 6.45) is 7.32. The molecule has 0 aliphatic rings. The predicted molar refractivity (Wildman–Crippen MR) is 89.6 cm³/mol. The first-order valence-corrected chi connectivity index (χ1v) is 7.75. The van der Waals surface area contributed by atoms with Crippen LogP contribution in [0.1, 0.15) is 5.69 Å². The summed E-state index contributed by atoms with van der Waals surface area (Å²) in [6.45, 7) is 0.488. The van der Waals surface area contributed by atoms with Crippen molar-refractivity contribution < 1.29 is 0 Å². The number of pyridine rings is 1. The second kappa shape index (κ2) is 5.20. The number of aromatic nitrogens is 9. The Balaban J connectivity index is 1.56. The molecule has 0 radical (unpaired) electrons. The van der Waals surface area contributed by atoms with Crippen molar-refractivity contribution in [3.8, 4) is 11.3 Å². The first-order chi connectivity index (χ1) is 12.3. The Bertz CT molecular complexity index is 1200. The molecule has 0 amide bonds. The number of hydrogen-bond acceptors (Lipinski definition) is 6. The maximum Gasteiger partial charge on any atom is 0.179 e. The molecular weight excluding hydrogens is 318 g/mol. The van der Waals surface area contributed by atoms with E-state index in [2.05, 4.69) is 25.5 Å². The maximum atomic E-state index is 4.71. The van der Waals surface area contributed by atoms with E-state index in [1.807, 2.05) is 43.7 Å². The maximum absolute atomic E-state index is 4.71. The third-order valence-corrected chi connectivity index (χ3v) is 3.99. The summed E-state index contributed by atoms with van der Waals surface area (Å²) < 4.78 is 5.23. The van der Waals surface area contributed by atoms with Gasteiger partial charge in [-0.3, -0.25) is 4.68 Å². The summed E-state index contributed by atoms with van der Waals surface area (Å²) in [4.78, 5) is 9.28. The number of aryl methyl sites for hydroxylation is 1. The van der Waals surface area contributed by atoms with Gasteiger partial charge < -0.3 is 0 Å². The van der Waals surface area contributed by atoms with Gasteiger partial charge in [-0.1, -0.05) is 5.21 Å². The highest BCUT2D eigenvalue weighted by atomic mass is 15.4. The molecule has 0 aliphatic carbocycles. The van der Waals surface area contributed by atoms with Crippen LogP contribution >= 0.6 is 0 Å². The highest BCUT2D eigenvalue weighted by Crippen LogP contribution is 2.19. The topological polar surface area (TPSA) is 91.6 Å². The molecule has 0 N–H and O–H groups in total. The van der Waals surface area contributed by atoms with Gasteiger partial charge in [0, 0.05) is 31.1 Å². The van der Waals surface area contributed by atoms with E-state index in [0.29, 0.717) is 6.54 Å². The van der Waals surface area contributed by atoms with Crippen molar-refractivity contribution in [1.29, 1.82) is 0 Å². The Labute approximate surface area is 141 Å². The highest BCUT2D eigenvalue weighted by Gasteiger charge is 2.11. The third kappa shape index (κ3) is 2.33. The van der Waals surface area contributed by atoms with Gasteiger partial charge in [0.1, 0.15) is 5.52 Å². The molecule has 0 bridgehead atoms. The summed E-state index contributed by atoms with van der Waals surface area (Å²) in [5, 5.41) is 16.8. The zero-order valence-electron chi connectivity index (χ0n) is 13.4. The lowest BCUT2D eigenvalue weighted by Crippen LogP contribution is -2.06. The molecule has 0 saturated carbocycles. The van der Waals surface area contributed by atoms with E-state index in [0.717, 1.165) is 33.8 Å². The van der Waals surface area contributed by atoms with E-state index >= 15 is 0 Å². The summed E-state index contributed by atoms with van der Waals surface area (Å²) >= 11 is 0. The van der Waals surface area contributed by atoms with E-state index in [4.69, 9.17) is 4.98 Å². The SMILES string of the molecule is Cn1cc(-c2ccc3nnn(Cc4ccn5nccc5n4)c3n2)cn1. The average Bonchev–Trinajstić information content (AvgIpc) is 3.34. The van der Waals surface area contributed by atoms with Crippen LogP contribution in [-0.4, -0.2) is 44.4 Å². The van der Waals surface area contributed by atoms with Crippen LogP contribution in [0.5, 0.6) is 0 Å². The number of nitrogens with zero attached hydrogens (tertiary/aromatic N) is 9. The van der Waals surface area contributed by atoms with Crippen molar-refractivity contribution in [2.45, 2.75) is 6.54 Å². The van der Waals surface area contributed by atoms with Gasteiger partial charge in [0.05, 0.1) is 30.3 Å². The normalized spacial score (nSPS) is 11.6. The van der Waals surface area contributed by atoms with Crippen molar-refractivity contribution in [2.75, 3.05) is 0 Å². The fraction of sp³-hybridized carbons (Fsp3) is 0.125. The summed E-state index contributed by atoms with van der Waals surface area (Å²) in [7, 11) is 1.88. The van der Waals surface area contributed by atoms with Gasteiger partial charge in [-0.05, 0) is 18.2 Å². The van der Waals surface area contributed by atoms with Crippen LogP contribution in [0.25, 0.3) is 28.1 Å². The zero-order chi connectivity index (χ0) is 16.8. The molecule has 122 valence electrons. The fourth-order valence-corrected chi connectivity index (χ4v) is 2.77. The Morgan fingerprint density at radius 1 is 1.04 bits per heavy atom. The van der Waals surface area contributed by atoms with Crippen LogP contribution in [-0.2, 0) is 13.6 Å². The van der Waals surface area contributed by atoms with Crippen molar-refractivity contribution in [2.24, 2.45) is 7.05 Å². The molecule has 25 heavy (non-hydrogen) atoms. The van der Waals surface area contributed by atoms with Gasteiger partial charge in [-0.2, -0.15) is 10.2 Å². The monoisotopic (exact) mass is 331 g/mol. The largest absolute Gasteiger partial charge is 0.275 e. The molecule has 0 unspecified atom stereocenters. The summed E-state index contributed by atoms with van der Waals surface area (Å²) in [5.74, 6) is 0. The van der Waals surface area contributed by atoms with Gasteiger partial charge in [0.25, 0.3) is 0 Å². The molecule has 0 aliphatic heterocycles. The van der Waals surface area contributed by atoms with Gasteiger partial charge in [0.15, 0.2) is 11.3 Å². The molecular formula is C16H13N9. The Hall–Kier alpha value is -3.62. The van der Waals surface area contributed by atoms with Gasteiger partial charge in [0.2, 0.25) is 0 Å². The molecule has 0 atom stereocenters. The quantitative estimate of drug-likeness (QED) is 0.495. The lowest BCUT2D eigenvalue weighted by molar-refractivity contribution is 0.652. The molecule has 5 aromatic heterocycles. The minimum atomic E-state index is 0.488. The van der Waals surface area contributed by atoms with Crippen molar-refractivity contribution in [3.63, 3.8) is 0 Å². The second-order valence-electron chi connectivity index (χ2n) is 5.74. The van der Waals surface area contributed by atoms with Gasteiger partial charge >= 0.3 is 0 Å². The van der Waals surface area contributed by atoms with Crippen LogP contribution in [0.15, 0.2) is 49.1 Å². The van der Waals surface area contributed by atoms with E-state index in [1.165, 1.54) is 0 Å². The van der Waals surface area contributed by atoms with E-state index < -0.39 is 0 Å². The van der Waals surface area contributed by atoms with Crippen LogP contribution in [0.2, 0.25) is 0 Å². The van der Waals surface area contributed by atoms with Gasteiger partial charge in [-0.15, -0.1) is 5.10 Å². The molecule has 5 aromatic rings. The van der Waals surface area contributed by atoms with Crippen LogP contribution < -0.4 is 0 Å². The average molecular weight is 331 g/mol. The minimum absolute atomic E-state index is 0.488. The Morgan fingerprint density at radius 3 is 2.88 bits per heavy atom. The van der Waals surface area contributed by atoms with Gasteiger partial charge in [-0.25, -0.2) is 19.2 Å². The third-order valence-electron chi connectivity index (χ3n) is 3.99. The molecule has 5 heterocycles. The lowest BCUT2D eigenvalue weighted by Gasteiger charge is -2.03. The molecule has 5 rings (SSSR count). The summed E-state index contributed by atoms with van der Waals surface area (Å²) in [5.41, 5.74) is 4.92. The van der Waals surface area contributed by atoms with Crippen molar-refractivity contribution in [3.05, 3.63) is 54.7 Å². The first kappa shape index (κ1) is 13.8. The number of fused-ring (bicyclic) bond motifs is 2. The van der Waals surface area contributed by atoms with Crippen LogP contribution in [0, 0.1) is 0 Å². The van der Waals surface area contributed by atoms with Crippen molar-refractivity contribution >= 4 is 16.8 Å². The number of hydrogen-bond donors (Lipinski definition) is 0. The molecule has 0 spiro atoms. The van der Waals surface area contributed by atoms with E-state index in [1.54, 1.807) is 26.3 Å². The molecule has 0 saturated heterocycles. The fourth-order valence-electron chi connectivity index (χ4n) is 2.77. The second-order valence-corrected chi connectivity index (χ2v) is 5.74. The molecule has 9 nitrogen and oxygen atoms in total. The smallest absolute Gasteiger partial charge is 0.179 e. The molecule has 0 aromatic carbocycles. The molecule has 0 fully saturated rings. The van der Waals surface area contributed by atoms with E-state index in [-0.39, 0.29) is 0 Å². The van der Waals surface area contributed by atoms with Crippen molar-refractivity contribution in [1.82, 2.24) is 44.4 Å². The first-order valence-electron chi connectivity index (χ1n) is 7.75. The Morgan fingerprint density at radius 2 is 2.00 bits per heavy atom. The summed E-state index contributed by atoms with van der Waals surface area (Å²) in [6, 6.07) is 7.62. The lowest BCUT2D eigenvalue weighted by atomic mass is 10.2. The van der Waals surface area contributed by atoms with E-state index in [9.17, 15) is 0 Å². The standard InChI is InChI=1S/C16H13N9/c1-23-9-11(8-18-23)13-2-3-14-16(20-13)25(22-21-14)10-12-5-7-24-15(19-12)4-6-17-24/h2-9H,10H2,1H3. The zero-order valence-corrected chi connectivity index (χ0v) is 13.4. The van der Waals surface area contributed by atoms with Crippen LogP contribution in [0.3, 0.4) is 0 Å². The molecule has 9 heteroatoms. The Kier molecular flexibility index (Phi) is 2.87.